The number of piperidine rings is 1. The molecule has 1 aromatic heterocycles. The van der Waals surface area contributed by atoms with Crippen LogP contribution in [0.4, 0.5) is 17.5 Å². The molecule has 0 aliphatic carbocycles. The molecule has 0 radical (unpaired) electrons. The smallest absolute Gasteiger partial charge is 0.228 e. The number of hydrogen-bond donors (Lipinski definition) is 0. The van der Waals surface area contributed by atoms with Crippen molar-refractivity contribution in [2.45, 2.75) is 39.5 Å². The number of aryl methyl sites for hydroxylation is 2. The predicted molar refractivity (Wildman–Crippen MR) is 133 cm³/mol. The molecule has 0 bridgehead atoms. The van der Waals surface area contributed by atoms with Gasteiger partial charge in [0.1, 0.15) is 5.82 Å². The third-order valence-corrected chi connectivity index (χ3v) is 7.46. The highest BCUT2D eigenvalue weighted by atomic mass is 16.2. The molecule has 180 valence electrons. The molecule has 8 heteroatoms. The third-order valence-electron chi connectivity index (χ3n) is 7.46. The number of amides is 2. The van der Waals surface area contributed by atoms with E-state index < -0.39 is 0 Å². The second-order valence-corrected chi connectivity index (χ2v) is 9.75. The van der Waals surface area contributed by atoms with Gasteiger partial charge in [0.15, 0.2) is 0 Å². The molecule has 8 nitrogen and oxygen atoms in total. The number of anilines is 3. The lowest BCUT2D eigenvalue weighted by Crippen LogP contribution is -2.51. The quantitative estimate of drug-likeness (QED) is 0.696. The van der Waals surface area contributed by atoms with E-state index in [9.17, 15) is 9.59 Å². The number of carbonyl (C=O) groups excluding carboxylic acids is 2. The van der Waals surface area contributed by atoms with Crippen molar-refractivity contribution in [1.82, 2.24) is 14.9 Å². The fourth-order valence-corrected chi connectivity index (χ4v) is 5.19. The molecule has 0 N–H and O–H groups in total. The van der Waals surface area contributed by atoms with Gasteiger partial charge in [0.2, 0.25) is 17.8 Å². The highest BCUT2D eigenvalue weighted by molar-refractivity contribution is 6.00. The Morgan fingerprint density at radius 3 is 2.41 bits per heavy atom. The standard InChI is InChI=1S/C26H34N6O2/c1-19-6-7-22(16-20(19)2)32-18-21(17-24(32)33)25(34)30-14-12-29(13-15-30)23-8-9-27-26(28-23)31-10-4-3-5-11-31/h6-9,16,21H,3-5,10-15,17-18H2,1-2H3. The van der Waals surface area contributed by atoms with E-state index in [0.717, 1.165) is 49.2 Å². The number of benzene rings is 1. The molecular weight excluding hydrogens is 428 g/mol. The van der Waals surface area contributed by atoms with E-state index in [2.05, 4.69) is 28.6 Å². The molecule has 3 aliphatic rings. The van der Waals surface area contributed by atoms with E-state index in [1.165, 1.54) is 24.8 Å². The van der Waals surface area contributed by atoms with Crippen LogP contribution in [0.25, 0.3) is 0 Å². The maximum Gasteiger partial charge on any atom is 0.228 e. The van der Waals surface area contributed by atoms with E-state index in [-0.39, 0.29) is 24.2 Å². The van der Waals surface area contributed by atoms with Gasteiger partial charge in [0.05, 0.1) is 5.92 Å². The molecule has 2 aromatic rings. The number of nitrogens with zero attached hydrogens (tertiary/aromatic N) is 6. The van der Waals surface area contributed by atoms with Crippen molar-refractivity contribution in [3.05, 3.63) is 41.6 Å². The summed E-state index contributed by atoms with van der Waals surface area (Å²) in [5.74, 6) is 1.60. The van der Waals surface area contributed by atoms with Crippen LogP contribution in [-0.2, 0) is 9.59 Å². The van der Waals surface area contributed by atoms with Crippen molar-refractivity contribution in [1.29, 1.82) is 0 Å². The zero-order valence-corrected chi connectivity index (χ0v) is 20.2. The normalized spacial score (nSPS) is 21.4. The lowest BCUT2D eigenvalue weighted by atomic mass is 10.1. The van der Waals surface area contributed by atoms with Crippen molar-refractivity contribution >= 4 is 29.3 Å². The lowest BCUT2D eigenvalue weighted by Gasteiger charge is -2.37. The minimum atomic E-state index is -0.273. The molecule has 3 saturated heterocycles. The summed E-state index contributed by atoms with van der Waals surface area (Å²) in [6.07, 6.45) is 5.80. The maximum absolute atomic E-state index is 13.2. The van der Waals surface area contributed by atoms with Crippen LogP contribution >= 0.6 is 0 Å². The SMILES string of the molecule is Cc1ccc(N2CC(C(=O)N3CCN(c4ccnc(N5CCCCC5)n4)CC3)CC2=O)cc1C. The van der Waals surface area contributed by atoms with Crippen molar-refractivity contribution < 1.29 is 9.59 Å². The highest BCUT2D eigenvalue weighted by Crippen LogP contribution is 2.28. The predicted octanol–water partition coefficient (Wildman–Crippen LogP) is 2.79. The van der Waals surface area contributed by atoms with Crippen molar-refractivity contribution in [3.8, 4) is 0 Å². The first-order chi connectivity index (χ1) is 16.5. The Morgan fingerprint density at radius 1 is 0.912 bits per heavy atom. The molecule has 1 unspecified atom stereocenters. The summed E-state index contributed by atoms with van der Waals surface area (Å²) in [5.41, 5.74) is 3.25. The molecule has 1 atom stereocenters. The Hall–Kier alpha value is -3.16. The summed E-state index contributed by atoms with van der Waals surface area (Å²) >= 11 is 0. The maximum atomic E-state index is 13.2. The van der Waals surface area contributed by atoms with Crippen LogP contribution in [0.5, 0.6) is 0 Å². The highest BCUT2D eigenvalue weighted by Gasteiger charge is 2.38. The topological polar surface area (TPSA) is 72.9 Å². The first-order valence-corrected chi connectivity index (χ1v) is 12.5. The summed E-state index contributed by atoms with van der Waals surface area (Å²) in [4.78, 5) is 43.4. The first-order valence-electron chi connectivity index (χ1n) is 12.5. The van der Waals surface area contributed by atoms with Gasteiger partial charge in [-0.15, -0.1) is 0 Å². The zero-order chi connectivity index (χ0) is 23.7. The average molecular weight is 463 g/mol. The fourth-order valence-electron chi connectivity index (χ4n) is 5.19. The van der Waals surface area contributed by atoms with Crippen LogP contribution in [0.15, 0.2) is 30.5 Å². The third kappa shape index (κ3) is 4.58. The summed E-state index contributed by atoms with van der Waals surface area (Å²) in [6, 6.07) is 8.02. The van der Waals surface area contributed by atoms with Crippen LogP contribution in [0.1, 0.15) is 36.8 Å². The number of aromatic nitrogens is 2. The molecule has 0 spiro atoms. The number of rotatable bonds is 4. The molecule has 1 aromatic carbocycles. The van der Waals surface area contributed by atoms with E-state index in [4.69, 9.17) is 4.98 Å². The van der Waals surface area contributed by atoms with Gasteiger partial charge in [-0.3, -0.25) is 9.59 Å². The second kappa shape index (κ2) is 9.60. The Balaban J connectivity index is 1.18. The molecule has 0 saturated carbocycles. The molecule has 4 heterocycles. The summed E-state index contributed by atoms with van der Waals surface area (Å²) in [6.45, 7) is 9.39. The van der Waals surface area contributed by atoms with E-state index in [1.54, 1.807) is 4.90 Å². The summed E-state index contributed by atoms with van der Waals surface area (Å²) in [7, 11) is 0. The van der Waals surface area contributed by atoms with Crippen LogP contribution in [0.2, 0.25) is 0 Å². The fraction of sp³-hybridized carbons (Fsp3) is 0.538. The summed E-state index contributed by atoms with van der Waals surface area (Å²) < 4.78 is 0. The van der Waals surface area contributed by atoms with Gasteiger partial charge in [0.25, 0.3) is 0 Å². The molecule has 2 amide bonds. The van der Waals surface area contributed by atoms with Crippen LogP contribution in [0, 0.1) is 19.8 Å². The average Bonchev–Trinajstić information content (AvgIpc) is 3.27. The van der Waals surface area contributed by atoms with Gasteiger partial charge < -0.3 is 19.6 Å². The number of carbonyl (C=O) groups is 2. The molecular formula is C26H34N6O2. The van der Waals surface area contributed by atoms with Gasteiger partial charge in [-0.25, -0.2) is 4.98 Å². The second-order valence-electron chi connectivity index (χ2n) is 9.75. The zero-order valence-electron chi connectivity index (χ0n) is 20.2. The van der Waals surface area contributed by atoms with Crippen LogP contribution in [0.3, 0.4) is 0 Å². The van der Waals surface area contributed by atoms with Crippen LogP contribution in [-0.4, -0.2) is 72.5 Å². The van der Waals surface area contributed by atoms with Crippen LogP contribution < -0.4 is 14.7 Å². The number of piperazine rings is 1. The minimum absolute atomic E-state index is 0.0338. The Kier molecular flexibility index (Phi) is 6.39. The van der Waals surface area contributed by atoms with Crippen molar-refractivity contribution in [2.24, 2.45) is 5.92 Å². The molecule has 3 fully saturated rings. The van der Waals surface area contributed by atoms with Crippen molar-refractivity contribution in [2.75, 3.05) is 60.5 Å². The van der Waals surface area contributed by atoms with E-state index >= 15 is 0 Å². The Morgan fingerprint density at radius 2 is 1.68 bits per heavy atom. The lowest BCUT2D eigenvalue weighted by molar-refractivity contribution is -0.136. The molecule has 3 aliphatic heterocycles. The summed E-state index contributed by atoms with van der Waals surface area (Å²) in [5, 5.41) is 0. The van der Waals surface area contributed by atoms with Crippen molar-refractivity contribution in [3.63, 3.8) is 0 Å². The van der Waals surface area contributed by atoms with Gasteiger partial charge in [0, 0.05) is 64.1 Å². The van der Waals surface area contributed by atoms with Gasteiger partial charge in [-0.05, 0) is 62.4 Å². The largest absolute Gasteiger partial charge is 0.353 e. The Labute approximate surface area is 201 Å². The monoisotopic (exact) mass is 462 g/mol. The van der Waals surface area contributed by atoms with Gasteiger partial charge in [-0.2, -0.15) is 4.98 Å². The van der Waals surface area contributed by atoms with Gasteiger partial charge >= 0.3 is 0 Å². The molecule has 34 heavy (non-hydrogen) atoms. The van der Waals surface area contributed by atoms with E-state index in [0.29, 0.717) is 19.6 Å². The number of hydrogen-bond acceptors (Lipinski definition) is 6. The Bertz CT molecular complexity index is 1060. The minimum Gasteiger partial charge on any atom is -0.353 e. The van der Waals surface area contributed by atoms with E-state index in [1.807, 2.05) is 35.4 Å². The molecule has 5 rings (SSSR count). The van der Waals surface area contributed by atoms with Gasteiger partial charge in [-0.1, -0.05) is 6.07 Å². The first kappa shape index (κ1) is 22.6.